The average Bonchev–Trinajstić information content (AvgIpc) is 2.71. The van der Waals surface area contributed by atoms with Gasteiger partial charge in [-0.15, -0.1) is 0 Å². The number of nitrogens with one attached hydrogen (secondary N) is 1. The second kappa shape index (κ2) is 10.4. The third kappa shape index (κ3) is 5.53. The Kier molecular flexibility index (Phi) is 7.94. The predicted molar refractivity (Wildman–Crippen MR) is 108 cm³/mol. The van der Waals surface area contributed by atoms with Gasteiger partial charge in [-0.3, -0.25) is 4.79 Å². The van der Waals surface area contributed by atoms with Crippen molar-refractivity contribution in [2.24, 2.45) is 5.10 Å². The monoisotopic (exact) mass is 452 g/mol. The van der Waals surface area contributed by atoms with Crippen molar-refractivity contribution in [3.8, 4) is 28.7 Å². The molecule has 9 heteroatoms. The van der Waals surface area contributed by atoms with Crippen molar-refractivity contribution < 1.29 is 28.5 Å². The molecule has 150 valence electrons. The smallest absolute Gasteiger partial charge is 0.277 e. The van der Waals surface area contributed by atoms with Crippen molar-refractivity contribution in [1.29, 1.82) is 0 Å². The van der Waals surface area contributed by atoms with Crippen LogP contribution in [0, 0.1) is 0 Å². The van der Waals surface area contributed by atoms with Gasteiger partial charge in [0.1, 0.15) is 11.5 Å². The molecule has 1 N–H and O–H groups in total. The summed E-state index contributed by atoms with van der Waals surface area (Å²) in [5, 5.41) is 3.92. The van der Waals surface area contributed by atoms with E-state index in [4.69, 9.17) is 23.7 Å². The summed E-state index contributed by atoms with van der Waals surface area (Å²) >= 11 is 3.36. The minimum atomic E-state index is -0.411. The number of nitrogens with zero attached hydrogens (tertiary/aromatic N) is 1. The molecule has 0 aliphatic heterocycles. The lowest BCUT2D eigenvalue weighted by atomic mass is 10.2. The molecular formula is C19H21BrN2O6. The Morgan fingerprint density at radius 2 is 1.68 bits per heavy atom. The summed E-state index contributed by atoms with van der Waals surface area (Å²) in [7, 11) is 6.14. The first-order chi connectivity index (χ1) is 13.5. The molecule has 0 aromatic heterocycles. The van der Waals surface area contributed by atoms with Crippen LogP contribution >= 0.6 is 15.9 Å². The molecule has 0 spiro atoms. The van der Waals surface area contributed by atoms with E-state index in [1.165, 1.54) is 27.5 Å². The summed E-state index contributed by atoms with van der Waals surface area (Å²) in [6.07, 6.45) is 1.46. The summed E-state index contributed by atoms with van der Waals surface area (Å²) in [5.74, 6) is 2.24. The molecular weight excluding hydrogens is 432 g/mol. The van der Waals surface area contributed by atoms with Crippen LogP contribution in [0.4, 0.5) is 0 Å². The molecule has 2 rings (SSSR count). The van der Waals surface area contributed by atoms with Gasteiger partial charge in [0.2, 0.25) is 5.75 Å². The van der Waals surface area contributed by atoms with E-state index in [1.54, 1.807) is 37.4 Å². The molecule has 0 aliphatic rings. The number of rotatable bonds is 9. The Labute approximate surface area is 171 Å². The van der Waals surface area contributed by atoms with E-state index in [-0.39, 0.29) is 6.61 Å². The Balaban J connectivity index is 1.96. The summed E-state index contributed by atoms with van der Waals surface area (Å²) in [4.78, 5) is 11.9. The lowest BCUT2D eigenvalue weighted by molar-refractivity contribution is -0.123. The maximum Gasteiger partial charge on any atom is 0.277 e. The van der Waals surface area contributed by atoms with Gasteiger partial charge >= 0.3 is 0 Å². The molecule has 28 heavy (non-hydrogen) atoms. The number of hydrazone groups is 1. The van der Waals surface area contributed by atoms with Crippen molar-refractivity contribution in [1.82, 2.24) is 5.43 Å². The Morgan fingerprint density at radius 3 is 2.21 bits per heavy atom. The second-order valence-electron chi connectivity index (χ2n) is 5.34. The summed E-state index contributed by atoms with van der Waals surface area (Å²) in [6.45, 7) is -0.197. The van der Waals surface area contributed by atoms with Crippen molar-refractivity contribution in [2.45, 2.75) is 0 Å². The van der Waals surface area contributed by atoms with Gasteiger partial charge in [0, 0.05) is 5.56 Å². The maximum absolute atomic E-state index is 11.9. The molecule has 0 bridgehead atoms. The number of methoxy groups -OCH3 is 4. The third-order valence-electron chi connectivity index (χ3n) is 3.59. The molecule has 2 aromatic rings. The highest BCUT2D eigenvalue weighted by Crippen LogP contribution is 2.37. The fraction of sp³-hybridized carbons (Fsp3) is 0.263. The molecule has 0 saturated carbocycles. The highest BCUT2D eigenvalue weighted by molar-refractivity contribution is 9.10. The molecule has 0 unspecified atom stereocenters. The van der Waals surface area contributed by atoms with E-state index in [9.17, 15) is 4.79 Å². The van der Waals surface area contributed by atoms with Crippen molar-refractivity contribution in [2.75, 3.05) is 35.0 Å². The lowest BCUT2D eigenvalue weighted by Crippen LogP contribution is -2.24. The van der Waals surface area contributed by atoms with E-state index in [1.807, 2.05) is 0 Å². The Hall–Kier alpha value is -2.94. The van der Waals surface area contributed by atoms with Crippen molar-refractivity contribution in [3.63, 3.8) is 0 Å². The number of benzene rings is 2. The van der Waals surface area contributed by atoms with E-state index < -0.39 is 5.91 Å². The van der Waals surface area contributed by atoms with Gasteiger partial charge in [0.25, 0.3) is 5.91 Å². The zero-order chi connectivity index (χ0) is 20.5. The van der Waals surface area contributed by atoms with Gasteiger partial charge in [0.15, 0.2) is 18.1 Å². The first-order valence-electron chi connectivity index (χ1n) is 8.10. The molecule has 0 atom stereocenters. The Morgan fingerprint density at radius 1 is 1.00 bits per heavy atom. The molecule has 0 saturated heterocycles. The first kappa shape index (κ1) is 21.4. The average molecular weight is 453 g/mol. The van der Waals surface area contributed by atoms with Crippen LogP contribution in [-0.2, 0) is 4.79 Å². The number of hydrogen-bond donors (Lipinski definition) is 1. The van der Waals surface area contributed by atoms with Crippen LogP contribution in [0.5, 0.6) is 28.7 Å². The summed E-state index contributed by atoms with van der Waals surface area (Å²) in [5.41, 5.74) is 3.06. The standard InChI is InChI=1S/C19H21BrN2O6/c1-24-13-5-6-15(14(20)9-13)28-11-18(23)22-21-10-12-7-16(25-2)19(27-4)17(8-12)26-3/h5-10H,11H2,1-4H3,(H,22,23)/b21-10+. The second-order valence-corrected chi connectivity index (χ2v) is 6.19. The quantitative estimate of drug-likeness (QED) is 0.464. The number of carbonyl (C=O) groups is 1. The molecule has 8 nitrogen and oxygen atoms in total. The molecule has 0 aliphatic carbocycles. The molecule has 2 aromatic carbocycles. The largest absolute Gasteiger partial charge is 0.497 e. The molecule has 1 amide bonds. The van der Waals surface area contributed by atoms with E-state index in [2.05, 4.69) is 26.5 Å². The SMILES string of the molecule is COc1ccc(OCC(=O)N/N=C/c2cc(OC)c(OC)c(OC)c2)c(Br)c1. The van der Waals surface area contributed by atoms with Crippen LogP contribution in [0.1, 0.15) is 5.56 Å². The van der Waals surface area contributed by atoms with Crippen LogP contribution < -0.4 is 29.1 Å². The zero-order valence-electron chi connectivity index (χ0n) is 15.9. The highest BCUT2D eigenvalue weighted by Gasteiger charge is 2.12. The van der Waals surface area contributed by atoms with Crippen LogP contribution in [-0.4, -0.2) is 47.2 Å². The van der Waals surface area contributed by atoms with E-state index in [0.717, 1.165) is 0 Å². The fourth-order valence-electron chi connectivity index (χ4n) is 2.26. The minimum Gasteiger partial charge on any atom is -0.497 e. The lowest BCUT2D eigenvalue weighted by Gasteiger charge is -2.12. The molecule has 0 heterocycles. The van der Waals surface area contributed by atoms with Crippen LogP contribution in [0.15, 0.2) is 39.9 Å². The van der Waals surface area contributed by atoms with Gasteiger partial charge in [-0.2, -0.15) is 5.10 Å². The number of amides is 1. The van der Waals surface area contributed by atoms with Crippen molar-refractivity contribution in [3.05, 3.63) is 40.4 Å². The molecule has 0 fully saturated rings. The van der Waals surface area contributed by atoms with E-state index in [0.29, 0.717) is 38.8 Å². The van der Waals surface area contributed by atoms with Gasteiger partial charge < -0.3 is 23.7 Å². The van der Waals surface area contributed by atoms with Gasteiger partial charge in [-0.1, -0.05) is 0 Å². The van der Waals surface area contributed by atoms with Gasteiger partial charge in [0.05, 0.1) is 39.1 Å². The number of hydrogen-bond acceptors (Lipinski definition) is 7. The van der Waals surface area contributed by atoms with Gasteiger partial charge in [-0.05, 0) is 46.3 Å². The number of ether oxygens (including phenoxy) is 5. The normalized spacial score (nSPS) is 10.5. The Bertz CT molecular complexity index is 831. The topological polar surface area (TPSA) is 87.6 Å². The zero-order valence-corrected chi connectivity index (χ0v) is 17.5. The first-order valence-corrected chi connectivity index (χ1v) is 8.90. The van der Waals surface area contributed by atoms with Crippen LogP contribution in [0.3, 0.4) is 0 Å². The minimum absolute atomic E-state index is 0.197. The van der Waals surface area contributed by atoms with E-state index >= 15 is 0 Å². The van der Waals surface area contributed by atoms with Crippen LogP contribution in [0.2, 0.25) is 0 Å². The third-order valence-corrected chi connectivity index (χ3v) is 4.21. The predicted octanol–water partition coefficient (Wildman–Crippen LogP) is 3.01. The number of halogens is 1. The highest BCUT2D eigenvalue weighted by atomic mass is 79.9. The van der Waals surface area contributed by atoms with Crippen molar-refractivity contribution >= 4 is 28.1 Å². The molecule has 0 radical (unpaired) electrons. The summed E-state index contributed by atoms with van der Waals surface area (Å²) in [6, 6.07) is 8.61. The fourth-order valence-corrected chi connectivity index (χ4v) is 2.73. The van der Waals surface area contributed by atoms with Crippen LogP contribution in [0.25, 0.3) is 0 Å². The summed E-state index contributed by atoms with van der Waals surface area (Å²) < 4.78 is 27.1. The number of carbonyl (C=O) groups excluding carboxylic acids is 1. The maximum atomic E-state index is 11.9. The van der Waals surface area contributed by atoms with Gasteiger partial charge in [-0.25, -0.2) is 5.43 Å².